The maximum atomic E-state index is 10.2. The molecular formula is C13H20N2O. The molecule has 1 aromatic heterocycles. The maximum absolute atomic E-state index is 10.2. The van der Waals surface area contributed by atoms with Crippen LogP contribution in [-0.4, -0.2) is 21.0 Å². The number of aliphatic hydroxyl groups excluding tert-OH is 1. The van der Waals surface area contributed by atoms with Crippen LogP contribution in [0.25, 0.3) is 0 Å². The van der Waals surface area contributed by atoms with E-state index in [1.54, 1.807) is 0 Å². The molecule has 3 heteroatoms. The van der Waals surface area contributed by atoms with Gasteiger partial charge in [0, 0.05) is 19.7 Å². The maximum Gasteiger partial charge on any atom is 0.0615 e. The van der Waals surface area contributed by atoms with Gasteiger partial charge in [0.2, 0.25) is 0 Å². The molecule has 0 radical (unpaired) electrons. The average Bonchev–Trinajstić information content (AvgIpc) is 2.88. The molecule has 0 aliphatic heterocycles. The van der Waals surface area contributed by atoms with Gasteiger partial charge in [-0.05, 0) is 36.2 Å². The lowest BCUT2D eigenvalue weighted by Gasteiger charge is -2.08. The Balaban J connectivity index is 1.60. The van der Waals surface area contributed by atoms with E-state index in [4.69, 9.17) is 0 Å². The second-order valence-electron chi connectivity index (χ2n) is 5.48. The second kappa shape index (κ2) is 3.88. The highest BCUT2D eigenvalue weighted by Gasteiger charge is 2.53. The minimum Gasteiger partial charge on any atom is -0.392 e. The molecule has 1 N–H and O–H groups in total. The van der Waals surface area contributed by atoms with Gasteiger partial charge in [-0.15, -0.1) is 0 Å². The van der Waals surface area contributed by atoms with E-state index in [1.807, 2.05) is 24.1 Å². The Morgan fingerprint density at radius 2 is 2.12 bits per heavy atom. The summed E-state index contributed by atoms with van der Waals surface area (Å²) >= 11 is 0. The first-order valence-corrected chi connectivity index (χ1v) is 6.41. The van der Waals surface area contributed by atoms with Crippen molar-refractivity contribution in [1.29, 1.82) is 0 Å². The van der Waals surface area contributed by atoms with Crippen molar-refractivity contribution in [1.82, 2.24) is 9.78 Å². The van der Waals surface area contributed by atoms with Crippen LogP contribution in [0, 0.1) is 17.8 Å². The summed E-state index contributed by atoms with van der Waals surface area (Å²) < 4.78 is 1.81. The van der Waals surface area contributed by atoms with Crippen LogP contribution in [0.5, 0.6) is 0 Å². The summed E-state index contributed by atoms with van der Waals surface area (Å²) in [4.78, 5) is 0. The Labute approximate surface area is 96.5 Å². The largest absolute Gasteiger partial charge is 0.392 e. The van der Waals surface area contributed by atoms with Crippen molar-refractivity contribution in [2.24, 2.45) is 24.8 Å². The SMILES string of the molecule is Cn1cc(CC(O)C2C3CCCCC32)cn1. The molecule has 3 atom stereocenters. The molecule has 16 heavy (non-hydrogen) atoms. The highest BCUT2D eigenvalue weighted by Crippen LogP contribution is 2.57. The highest BCUT2D eigenvalue weighted by atomic mass is 16.3. The lowest BCUT2D eigenvalue weighted by Crippen LogP contribution is -2.14. The molecular weight excluding hydrogens is 200 g/mol. The van der Waals surface area contributed by atoms with E-state index in [2.05, 4.69) is 5.10 Å². The summed E-state index contributed by atoms with van der Waals surface area (Å²) in [7, 11) is 1.92. The number of aromatic nitrogens is 2. The molecule has 2 fully saturated rings. The quantitative estimate of drug-likeness (QED) is 0.843. The minimum atomic E-state index is -0.141. The van der Waals surface area contributed by atoms with Crippen LogP contribution in [-0.2, 0) is 13.5 Å². The first kappa shape index (κ1) is 10.3. The Hall–Kier alpha value is -0.830. The van der Waals surface area contributed by atoms with Crippen LogP contribution in [0.3, 0.4) is 0 Å². The van der Waals surface area contributed by atoms with Gasteiger partial charge in [-0.25, -0.2) is 0 Å². The van der Waals surface area contributed by atoms with E-state index in [-0.39, 0.29) is 6.10 Å². The van der Waals surface area contributed by atoms with Crippen molar-refractivity contribution in [3.63, 3.8) is 0 Å². The third-order valence-corrected chi connectivity index (χ3v) is 4.37. The third kappa shape index (κ3) is 1.77. The molecule has 88 valence electrons. The van der Waals surface area contributed by atoms with E-state index < -0.39 is 0 Å². The summed E-state index contributed by atoms with van der Waals surface area (Å²) in [5, 5.41) is 14.4. The van der Waals surface area contributed by atoms with Gasteiger partial charge in [-0.3, -0.25) is 4.68 Å². The molecule has 0 spiro atoms. The fraction of sp³-hybridized carbons (Fsp3) is 0.769. The lowest BCUT2D eigenvalue weighted by atomic mass is 10.0. The fourth-order valence-electron chi connectivity index (χ4n) is 3.57. The normalized spacial score (nSPS) is 34.5. The van der Waals surface area contributed by atoms with Crippen LogP contribution < -0.4 is 0 Å². The molecule has 3 nitrogen and oxygen atoms in total. The van der Waals surface area contributed by atoms with Crippen molar-refractivity contribution in [3.05, 3.63) is 18.0 Å². The molecule has 0 aromatic carbocycles. The van der Waals surface area contributed by atoms with Gasteiger partial charge in [-0.2, -0.15) is 5.10 Å². The third-order valence-electron chi connectivity index (χ3n) is 4.37. The lowest BCUT2D eigenvalue weighted by molar-refractivity contribution is 0.140. The van der Waals surface area contributed by atoms with Gasteiger partial charge in [0.25, 0.3) is 0 Å². The van der Waals surface area contributed by atoms with Crippen LogP contribution in [0.2, 0.25) is 0 Å². The van der Waals surface area contributed by atoms with Crippen molar-refractivity contribution < 1.29 is 5.11 Å². The molecule has 3 unspecified atom stereocenters. The smallest absolute Gasteiger partial charge is 0.0615 e. The van der Waals surface area contributed by atoms with Crippen LogP contribution >= 0.6 is 0 Å². The van der Waals surface area contributed by atoms with Crippen molar-refractivity contribution >= 4 is 0 Å². The number of rotatable bonds is 3. The summed E-state index contributed by atoms with van der Waals surface area (Å²) in [6.07, 6.45) is 9.96. The fourth-order valence-corrected chi connectivity index (χ4v) is 3.57. The van der Waals surface area contributed by atoms with Crippen molar-refractivity contribution in [2.75, 3.05) is 0 Å². The molecule has 0 bridgehead atoms. The minimum absolute atomic E-state index is 0.141. The first-order chi connectivity index (χ1) is 7.75. The monoisotopic (exact) mass is 220 g/mol. The zero-order valence-electron chi connectivity index (χ0n) is 9.84. The molecule has 2 saturated carbocycles. The molecule has 0 saturated heterocycles. The molecule has 1 aromatic rings. The van der Waals surface area contributed by atoms with Gasteiger partial charge < -0.3 is 5.11 Å². The zero-order valence-corrected chi connectivity index (χ0v) is 9.84. The van der Waals surface area contributed by atoms with E-state index in [0.717, 1.165) is 18.3 Å². The Bertz CT molecular complexity index is 362. The topological polar surface area (TPSA) is 38.0 Å². The standard InChI is InChI=1S/C13H20N2O/c1-15-8-9(7-14-15)6-12(16)13-10-4-2-3-5-11(10)13/h7-8,10-13,16H,2-6H2,1H3. The van der Waals surface area contributed by atoms with E-state index >= 15 is 0 Å². The number of fused-ring (bicyclic) bond motifs is 1. The van der Waals surface area contributed by atoms with Gasteiger partial charge >= 0.3 is 0 Å². The van der Waals surface area contributed by atoms with E-state index in [0.29, 0.717) is 5.92 Å². The van der Waals surface area contributed by atoms with Gasteiger partial charge in [-0.1, -0.05) is 12.8 Å². The van der Waals surface area contributed by atoms with Gasteiger partial charge in [0.15, 0.2) is 0 Å². The Kier molecular flexibility index (Phi) is 2.51. The van der Waals surface area contributed by atoms with Crippen LogP contribution in [0.4, 0.5) is 0 Å². The zero-order chi connectivity index (χ0) is 11.1. The molecule has 2 aliphatic rings. The van der Waals surface area contributed by atoms with Crippen molar-refractivity contribution in [3.8, 4) is 0 Å². The molecule has 3 rings (SSSR count). The number of hydrogen-bond acceptors (Lipinski definition) is 2. The van der Waals surface area contributed by atoms with Crippen LogP contribution in [0.1, 0.15) is 31.2 Å². The van der Waals surface area contributed by atoms with Gasteiger partial charge in [0.05, 0.1) is 12.3 Å². The Morgan fingerprint density at radius 3 is 2.69 bits per heavy atom. The highest BCUT2D eigenvalue weighted by molar-refractivity contribution is 5.10. The summed E-state index contributed by atoms with van der Waals surface area (Å²) in [6, 6.07) is 0. The van der Waals surface area contributed by atoms with Gasteiger partial charge in [0.1, 0.15) is 0 Å². The molecule has 0 amide bonds. The predicted molar refractivity (Wildman–Crippen MR) is 61.9 cm³/mol. The predicted octanol–water partition coefficient (Wildman–Crippen LogP) is 1.76. The molecule has 2 aliphatic carbocycles. The summed E-state index contributed by atoms with van der Waals surface area (Å²) in [6.45, 7) is 0. The molecule has 1 heterocycles. The van der Waals surface area contributed by atoms with Crippen molar-refractivity contribution in [2.45, 2.75) is 38.2 Å². The van der Waals surface area contributed by atoms with E-state index in [9.17, 15) is 5.11 Å². The summed E-state index contributed by atoms with van der Waals surface area (Å²) in [5.74, 6) is 2.25. The average molecular weight is 220 g/mol. The first-order valence-electron chi connectivity index (χ1n) is 6.41. The van der Waals surface area contributed by atoms with Crippen LogP contribution in [0.15, 0.2) is 12.4 Å². The summed E-state index contributed by atoms with van der Waals surface area (Å²) in [5.41, 5.74) is 1.17. The van der Waals surface area contributed by atoms with E-state index in [1.165, 1.54) is 31.2 Å². The second-order valence-corrected chi connectivity index (χ2v) is 5.48. The number of nitrogens with zero attached hydrogens (tertiary/aromatic N) is 2. The number of aliphatic hydroxyl groups is 1. The number of aryl methyl sites for hydroxylation is 1. The number of hydrogen-bond donors (Lipinski definition) is 1. The Morgan fingerprint density at radius 1 is 1.44 bits per heavy atom.